The molecule has 1 N–H and O–H groups in total. The van der Waals surface area contributed by atoms with Crippen LogP contribution in [0.15, 0.2) is 12.1 Å². The maximum atomic E-state index is 11.7. The number of halogens is 2. The second kappa shape index (κ2) is 5.44. The van der Waals surface area contributed by atoms with Crippen LogP contribution in [0, 0.1) is 0 Å². The zero-order valence-electron chi connectivity index (χ0n) is 11.3. The number of rotatable bonds is 2. The lowest BCUT2D eigenvalue weighted by Gasteiger charge is -2.25. The molecule has 1 aromatic carbocycles. The highest BCUT2D eigenvalue weighted by molar-refractivity contribution is 6.45. The van der Waals surface area contributed by atoms with Gasteiger partial charge < -0.3 is 9.84 Å². The van der Waals surface area contributed by atoms with Crippen molar-refractivity contribution in [1.29, 1.82) is 0 Å². The molecule has 110 valence electrons. The number of fused-ring (bicyclic) bond motifs is 2. The summed E-state index contributed by atoms with van der Waals surface area (Å²) < 4.78 is 5.37. The molecule has 1 unspecified atom stereocenters. The summed E-state index contributed by atoms with van der Waals surface area (Å²) in [6.07, 6.45) is 2.07. The molecule has 0 saturated carbocycles. The highest BCUT2D eigenvalue weighted by atomic mass is 35.5. The molecule has 0 fully saturated rings. The number of nitrogens with zero attached hydrogens (tertiary/aromatic N) is 1. The van der Waals surface area contributed by atoms with Crippen molar-refractivity contribution in [2.75, 3.05) is 7.11 Å². The SMILES string of the molecule is COC1CCc2nc3c(Cl)c(Cl)ccc3c(C(=O)O)c2C1. The standard InChI is InChI=1S/C15H13Cl2NO3/c1-21-7-2-5-11-9(6-7)12(15(19)20)8-3-4-10(16)13(17)14(8)18-11/h3-4,7H,2,5-6H2,1H3,(H,19,20). The molecule has 6 heteroatoms. The van der Waals surface area contributed by atoms with Gasteiger partial charge in [-0.2, -0.15) is 0 Å². The number of aromatic nitrogens is 1. The van der Waals surface area contributed by atoms with E-state index in [4.69, 9.17) is 27.9 Å². The Morgan fingerprint density at radius 3 is 2.86 bits per heavy atom. The van der Waals surface area contributed by atoms with Crippen LogP contribution in [0.3, 0.4) is 0 Å². The number of pyridine rings is 1. The summed E-state index contributed by atoms with van der Waals surface area (Å²) >= 11 is 12.2. The van der Waals surface area contributed by atoms with E-state index in [2.05, 4.69) is 4.98 Å². The van der Waals surface area contributed by atoms with Crippen molar-refractivity contribution in [3.8, 4) is 0 Å². The Kier molecular flexibility index (Phi) is 3.78. The molecule has 0 spiro atoms. The Labute approximate surface area is 131 Å². The number of benzene rings is 1. The molecule has 0 aliphatic heterocycles. The number of aryl methyl sites for hydroxylation is 1. The van der Waals surface area contributed by atoms with Crippen molar-refractivity contribution in [2.24, 2.45) is 0 Å². The quantitative estimate of drug-likeness (QED) is 0.913. The zero-order chi connectivity index (χ0) is 15.1. The van der Waals surface area contributed by atoms with Crippen molar-refractivity contribution in [2.45, 2.75) is 25.4 Å². The van der Waals surface area contributed by atoms with Gasteiger partial charge in [-0.3, -0.25) is 4.98 Å². The van der Waals surface area contributed by atoms with Gasteiger partial charge in [0.2, 0.25) is 0 Å². The fraction of sp³-hybridized carbons (Fsp3) is 0.333. The van der Waals surface area contributed by atoms with E-state index in [1.54, 1.807) is 19.2 Å². The Morgan fingerprint density at radius 1 is 1.43 bits per heavy atom. The van der Waals surface area contributed by atoms with Gasteiger partial charge in [0.05, 0.1) is 27.2 Å². The van der Waals surface area contributed by atoms with Crippen molar-refractivity contribution in [3.05, 3.63) is 39.0 Å². The molecule has 2 aromatic rings. The Hall–Kier alpha value is -1.36. The third-order valence-electron chi connectivity index (χ3n) is 3.92. The molecule has 4 nitrogen and oxygen atoms in total. The number of carboxylic acid groups (broad SMARTS) is 1. The summed E-state index contributed by atoms with van der Waals surface area (Å²) in [5.74, 6) is -0.978. The first-order chi connectivity index (χ1) is 10.0. The molecule has 1 aliphatic rings. The predicted octanol–water partition coefficient (Wildman–Crippen LogP) is 3.74. The van der Waals surface area contributed by atoms with Crippen LogP contribution in [-0.2, 0) is 17.6 Å². The van der Waals surface area contributed by atoms with Gasteiger partial charge in [-0.15, -0.1) is 0 Å². The van der Waals surface area contributed by atoms with Crippen LogP contribution in [0.4, 0.5) is 0 Å². The number of ether oxygens (including phenoxy) is 1. The Balaban J connectivity index is 2.34. The summed E-state index contributed by atoms with van der Waals surface area (Å²) in [5.41, 5.74) is 2.23. The number of hydrogen-bond donors (Lipinski definition) is 1. The zero-order valence-corrected chi connectivity index (χ0v) is 12.8. The van der Waals surface area contributed by atoms with Crippen LogP contribution < -0.4 is 0 Å². The lowest BCUT2D eigenvalue weighted by molar-refractivity contribution is 0.0690. The number of aromatic carboxylic acids is 1. The van der Waals surface area contributed by atoms with Gasteiger partial charge in [0.25, 0.3) is 0 Å². The minimum absolute atomic E-state index is 0.0256. The first-order valence-electron chi connectivity index (χ1n) is 6.58. The van der Waals surface area contributed by atoms with E-state index in [-0.39, 0.29) is 11.7 Å². The van der Waals surface area contributed by atoms with E-state index >= 15 is 0 Å². The molecule has 0 saturated heterocycles. The molecule has 1 heterocycles. The van der Waals surface area contributed by atoms with Crippen LogP contribution in [-0.4, -0.2) is 29.3 Å². The summed E-state index contributed by atoms with van der Waals surface area (Å²) in [6.45, 7) is 0. The summed E-state index contributed by atoms with van der Waals surface area (Å²) in [7, 11) is 1.64. The molecule has 21 heavy (non-hydrogen) atoms. The van der Waals surface area contributed by atoms with Crippen molar-refractivity contribution in [3.63, 3.8) is 0 Å². The Morgan fingerprint density at radius 2 is 2.19 bits per heavy atom. The lowest BCUT2D eigenvalue weighted by atomic mass is 9.88. The summed E-state index contributed by atoms with van der Waals surface area (Å²) in [4.78, 5) is 16.3. The van der Waals surface area contributed by atoms with Gasteiger partial charge in [0.15, 0.2) is 0 Å². The second-order valence-corrected chi connectivity index (χ2v) is 5.86. The van der Waals surface area contributed by atoms with Gasteiger partial charge >= 0.3 is 5.97 Å². The highest BCUT2D eigenvalue weighted by Gasteiger charge is 2.27. The Bertz CT molecular complexity index is 746. The largest absolute Gasteiger partial charge is 0.478 e. The van der Waals surface area contributed by atoms with Gasteiger partial charge in [0.1, 0.15) is 0 Å². The molecule has 1 aromatic heterocycles. The number of methoxy groups -OCH3 is 1. The van der Waals surface area contributed by atoms with Gasteiger partial charge in [-0.25, -0.2) is 4.79 Å². The van der Waals surface area contributed by atoms with Crippen molar-refractivity contribution < 1.29 is 14.6 Å². The monoisotopic (exact) mass is 325 g/mol. The number of carboxylic acids is 1. The van der Waals surface area contributed by atoms with E-state index in [1.165, 1.54) is 0 Å². The van der Waals surface area contributed by atoms with E-state index < -0.39 is 5.97 Å². The van der Waals surface area contributed by atoms with Crippen LogP contribution in [0.25, 0.3) is 10.9 Å². The average molecular weight is 326 g/mol. The van der Waals surface area contributed by atoms with Gasteiger partial charge in [-0.1, -0.05) is 29.3 Å². The molecule has 0 bridgehead atoms. The molecule has 0 radical (unpaired) electrons. The van der Waals surface area contributed by atoms with E-state index in [0.29, 0.717) is 33.8 Å². The van der Waals surface area contributed by atoms with Crippen LogP contribution in [0.2, 0.25) is 10.0 Å². The molecular weight excluding hydrogens is 313 g/mol. The summed E-state index contributed by atoms with van der Waals surface area (Å²) in [6, 6.07) is 3.26. The molecule has 1 atom stereocenters. The average Bonchev–Trinajstić information content (AvgIpc) is 2.48. The molecule has 1 aliphatic carbocycles. The van der Waals surface area contributed by atoms with Crippen LogP contribution >= 0.6 is 23.2 Å². The number of carbonyl (C=O) groups is 1. The normalized spacial score (nSPS) is 17.8. The molecular formula is C15H13Cl2NO3. The van der Waals surface area contributed by atoms with E-state index in [0.717, 1.165) is 17.7 Å². The first kappa shape index (κ1) is 14.6. The third kappa shape index (κ3) is 2.37. The predicted molar refractivity (Wildman–Crippen MR) is 81.5 cm³/mol. The van der Waals surface area contributed by atoms with Gasteiger partial charge in [0, 0.05) is 24.6 Å². The second-order valence-electron chi connectivity index (χ2n) is 5.08. The fourth-order valence-corrected chi connectivity index (χ4v) is 3.22. The smallest absolute Gasteiger partial charge is 0.336 e. The number of hydrogen-bond acceptors (Lipinski definition) is 3. The van der Waals surface area contributed by atoms with Crippen LogP contribution in [0.1, 0.15) is 28.0 Å². The van der Waals surface area contributed by atoms with Gasteiger partial charge in [-0.05, 0) is 24.5 Å². The minimum atomic E-state index is -0.978. The van der Waals surface area contributed by atoms with Crippen molar-refractivity contribution in [1.82, 2.24) is 4.98 Å². The first-order valence-corrected chi connectivity index (χ1v) is 7.34. The van der Waals surface area contributed by atoms with E-state index in [9.17, 15) is 9.90 Å². The van der Waals surface area contributed by atoms with Crippen LogP contribution in [0.5, 0.6) is 0 Å². The highest BCUT2D eigenvalue weighted by Crippen LogP contribution is 2.35. The fourth-order valence-electron chi connectivity index (χ4n) is 2.86. The molecule has 3 rings (SSSR count). The maximum absolute atomic E-state index is 11.7. The summed E-state index contributed by atoms with van der Waals surface area (Å²) in [5, 5.41) is 10.8. The minimum Gasteiger partial charge on any atom is -0.478 e. The molecule has 0 amide bonds. The third-order valence-corrected chi connectivity index (χ3v) is 4.71. The van der Waals surface area contributed by atoms with Crippen molar-refractivity contribution >= 4 is 40.1 Å². The topological polar surface area (TPSA) is 59.4 Å². The maximum Gasteiger partial charge on any atom is 0.336 e. The van der Waals surface area contributed by atoms with E-state index in [1.807, 2.05) is 0 Å². The lowest BCUT2D eigenvalue weighted by Crippen LogP contribution is -2.24.